The number of hydrogen-bond donors (Lipinski definition) is 1. The molecule has 0 unspecified atom stereocenters. The first-order valence-corrected chi connectivity index (χ1v) is 10.5. The van der Waals surface area contributed by atoms with Gasteiger partial charge >= 0.3 is 0 Å². The SMILES string of the molecule is Cc1cc(C)n(-c2ccc(N3CCC(C(=O)Nc4c(C)cccc4[N+](=O)[O-])CC3)nn2)n1. The molecule has 166 valence electrons. The largest absolute Gasteiger partial charge is 0.355 e. The second-order valence-corrected chi connectivity index (χ2v) is 8.07. The Morgan fingerprint density at radius 1 is 1.09 bits per heavy atom. The Balaban J connectivity index is 1.39. The van der Waals surface area contributed by atoms with Crippen molar-refractivity contribution in [2.75, 3.05) is 23.3 Å². The van der Waals surface area contributed by atoms with Crippen LogP contribution < -0.4 is 10.2 Å². The fraction of sp³-hybridized carbons (Fsp3) is 0.364. The number of hydrogen-bond acceptors (Lipinski definition) is 7. The van der Waals surface area contributed by atoms with Crippen molar-refractivity contribution < 1.29 is 9.72 Å². The second-order valence-electron chi connectivity index (χ2n) is 8.07. The van der Waals surface area contributed by atoms with E-state index in [1.807, 2.05) is 32.0 Å². The van der Waals surface area contributed by atoms with Gasteiger partial charge in [-0.05, 0) is 57.4 Å². The minimum absolute atomic E-state index is 0.0891. The van der Waals surface area contributed by atoms with Crippen LogP contribution in [-0.2, 0) is 4.79 Å². The Morgan fingerprint density at radius 2 is 1.78 bits per heavy atom. The van der Waals surface area contributed by atoms with E-state index in [4.69, 9.17) is 0 Å². The van der Waals surface area contributed by atoms with E-state index in [0.29, 0.717) is 37.3 Å². The summed E-state index contributed by atoms with van der Waals surface area (Å²) in [6.07, 6.45) is 1.26. The average molecular weight is 435 g/mol. The number of carbonyl (C=O) groups excluding carboxylic acids is 1. The molecule has 3 heterocycles. The highest BCUT2D eigenvalue weighted by Crippen LogP contribution is 2.30. The smallest absolute Gasteiger partial charge is 0.293 e. The number of nitro groups is 1. The minimum Gasteiger partial charge on any atom is -0.355 e. The van der Waals surface area contributed by atoms with Gasteiger partial charge < -0.3 is 10.2 Å². The minimum atomic E-state index is -0.473. The molecule has 1 aromatic carbocycles. The van der Waals surface area contributed by atoms with Gasteiger partial charge in [0.05, 0.1) is 10.6 Å². The van der Waals surface area contributed by atoms with Crippen LogP contribution in [0.15, 0.2) is 36.4 Å². The molecule has 1 aliphatic heterocycles. The molecule has 1 amide bonds. The molecule has 0 atom stereocenters. The lowest BCUT2D eigenvalue weighted by molar-refractivity contribution is -0.384. The summed E-state index contributed by atoms with van der Waals surface area (Å²) in [4.78, 5) is 25.7. The fourth-order valence-corrected chi connectivity index (χ4v) is 4.02. The Morgan fingerprint density at radius 3 is 2.38 bits per heavy atom. The highest BCUT2D eigenvalue weighted by Gasteiger charge is 2.28. The van der Waals surface area contributed by atoms with Crippen LogP contribution in [0, 0.1) is 36.8 Å². The molecule has 0 saturated carbocycles. The lowest BCUT2D eigenvalue weighted by Gasteiger charge is -2.31. The normalized spacial score (nSPS) is 14.4. The summed E-state index contributed by atoms with van der Waals surface area (Å²) in [5, 5.41) is 27.2. The van der Waals surface area contributed by atoms with Crippen LogP contribution >= 0.6 is 0 Å². The molecule has 3 aromatic rings. The van der Waals surface area contributed by atoms with Gasteiger partial charge in [-0.1, -0.05) is 12.1 Å². The van der Waals surface area contributed by atoms with Crippen LogP contribution in [0.2, 0.25) is 0 Å². The number of piperidine rings is 1. The summed E-state index contributed by atoms with van der Waals surface area (Å²) in [5.74, 6) is 1.01. The van der Waals surface area contributed by atoms with Crippen molar-refractivity contribution >= 4 is 23.1 Å². The van der Waals surface area contributed by atoms with Gasteiger partial charge in [0, 0.05) is 30.8 Å². The van der Waals surface area contributed by atoms with Gasteiger partial charge in [0.15, 0.2) is 11.6 Å². The van der Waals surface area contributed by atoms with E-state index < -0.39 is 4.92 Å². The van der Waals surface area contributed by atoms with Crippen LogP contribution in [0.1, 0.15) is 29.8 Å². The van der Waals surface area contributed by atoms with Crippen molar-refractivity contribution in [2.45, 2.75) is 33.6 Å². The summed E-state index contributed by atoms with van der Waals surface area (Å²) < 4.78 is 1.76. The van der Waals surface area contributed by atoms with Crippen molar-refractivity contribution in [3.63, 3.8) is 0 Å². The third-order valence-corrected chi connectivity index (χ3v) is 5.75. The van der Waals surface area contributed by atoms with Gasteiger partial charge in [0.25, 0.3) is 5.69 Å². The van der Waals surface area contributed by atoms with E-state index in [1.165, 1.54) is 6.07 Å². The van der Waals surface area contributed by atoms with Crippen LogP contribution in [-0.4, -0.2) is 43.9 Å². The standard InChI is InChI=1S/C22H25N7O3/c1-14-5-4-6-18(29(31)32)21(14)23-22(30)17-9-11-27(12-10-17)19-7-8-20(25-24-19)28-16(3)13-15(2)26-28/h4-8,13,17H,9-12H2,1-3H3,(H,23,30). The average Bonchev–Trinajstić information content (AvgIpc) is 3.13. The topological polar surface area (TPSA) is 119 Å². The summed E-state index contributed by atoms with van der Waals surface area (Å²) in [5.41, 5.74) is 2.77. The number of aryl methyl sites for hydroxylation is 3. The van der Waals surface area contributed by atoms with E-state index >= 15 is 0 Å². The van der Waals surface area contributed by atoms with Crippen LogP contribution in [0.25, 0.3) is 5.82 Å². The zero-order valence-corrected chi connectivity index (χ0v) is 18.3. The summed E-state index contributed by atoms with van der Waals surface area (Å²) in [6.45, 7) is 6.96. The zero-order valence-electron chi connectivity index (χ0n) is 18.3. The maximum atomic E-state index is 12.8. The molecule has 0 bridgehead atoms. The Hall–Kier alpha value is -3.82. The van der Waals surface area contributed by atoms with E-state index in [2.05, 4.69) is 25.5 Å². The summed E-state index contributed by atoms with van der Waals surface area (Å²) in [7, 11) is 0. The van der Waals surface area contributed by atoms with E-state index in [-0.39, 0.29) is 23.2 Å². The molecule has 0 aliphatic carbocycles. The molecular weight excluding hydrogens is 410 g/mol. The fourth-order valence-electron chi connectivity index (χ4n) is 4.02. The van der Waals surface area contributed by atoms with Crippen molar-refractivity contribution in [3.8, 4) is 5.82 Å². The monoisotopic (exact) mass is 435 g/mol. The van der Waals surface area contributed by atoms with Crippen molar-refractivity contribution in [1.82, 2.24) is 20.0 Å². The first kappa shape index (κ1) is 21.4. The number of nitro benzene ring substituents is 1. The van der Waals surface area contributed by atoms with Crippen LogP contribution in [0.4, 0.5) is 17.2 Å². The van der Waals surface area contributed by atoms with Gasteiger partial charge in [-0.2, -0.15) is 5.10 Å². The molecular formula is C22H25N7O3. The highest BCUT2D eigenvalue weighted by atomic mass is 16.6. The molecule has 1 aliphatic rings. The van der Waals surface area contributed by atoms with Gasteiger partial charge in [-0.3, -0.25) is 14.9 Å². The Kier molecular flexibility index (Phi) is 5.85. The number of benzene rings is 1. The molecule has 10 nitrogen and oxygen atoms in total. The summed E-state index contributed by atoms with van der Waals surface area (Å²) >= 11 is 0. The van der Waals surface area contributed by atoms with Crippen LogP contribution in [0.3, 0.4) is 0 Å². The van der Waals surface area contributed by atoms with Crippen LogP contribution in [0.5, 0.6) is 0 Å². The lowest BCUT2D eigenvalue weighted by atomic mass is 9.95. The Labute approximate surface area is 185 Å². The number of nitrogens with zero attached hydrogens (tertiary/aromatic N) is 6. The highest BCUT2D eigenvalue weighted by molar-refractivity contribution is 5.95. The maximum absolute atomic E-state index is 12.8. The lowest BCUT2D eigenvalue weighted by Crippen LogP contribution is -2.38. The Bertz CT molecular complexity index is 1150. The number of aromatic nitrogens is 4. The number of nitrogens with one attached hydrogen (secondary N) is 1. The molecule has 0 spiro atoms. The van der Waals surface area contributed by atoms with E-state index in [1.54, 1.807) is 23.7 Å². The number of para-hydroxylation sites is 1. The van der Waals surface area contributed by atoms with Gasteiger partial charge in [-0.15, -0.1) is 10.2 Å². The number of carbonyl (C=O) groups is 1. The van der Waals surface area contributed by atoms with Crippen molar-refractivity contribution in [2.24, 2.45) is 5.92 Å². The first-order chi connectivity index (χ1) is 15.3. The molecule has 2 aromatic heterocycles. The molecule has 0 radical (unpaired) electrons. The van der Waals surface area contributed by atoms with Gasteiger partial charge in [0.2, 0.25) is 5.91 Å². The number of amides is 1. The molecule has 1 saturated heterocycles. The molecule has 1 N–H and O–H groups in total. The molecule has 32 heavy (non-hydrogen) atoms. The van der Waals surface area contributed by atoms with Gasteiger partial charge in [0.1, 0.15) is 5.69 Å². The molecule has 1 fully saturated rings. The third-order valence-electron chi connectivity index (χ3n) is 5.75. The quantitative estimate of drug-likeness (QED) is 0.482. The summed E-state index contributed by atoms with van der Waals surface area (Å²) in [6, 6.07) is 10.5. The number of rotatable bonds is 5. The van der Waals surface area contributed by atoms with Crippen molar-refractivity contribution in [3.05, 3.63) is 63.5 Å². The first-order valence-electron chi connectivity index (χ1n) is 10.5. The molecule has 4 rings (SSSR count). The third kappa shape index (κ3) is 4.29. The molecule has 10 heteroatoms. The predicted octanol–water partition coefficient (Wildman–Crippen LogP) is 3.35. The number of anilines is 2. The maximum Gasteiger partial charge on any atom is 0.293 e. The van der Waals surface area contributed by atoms with Crippen molar-refractivity contribution in [1.29, 1.82) is 0 Å². The zero-order chi connectivity index (χ0) is 22.8. The van der Waals surface area contributed by atoms with E-state index in [9.17, 15) is 14.9 Å². The van der Waals surface area contributed by atoms with E-state index in [0.717, 1.165) is 17.2 Å². The predicted molar refractivity (Wildman–Crippen MR) is 120 cm³/mol. The second kappa shape index (κ2) is 8.74. The van der Waals surface area contributed by atoms with Gasteiger partial charge in [-0.25, -0.2) is 4.68 Å².